The molecule has 4 nitrogen and oxygen atoms in total. The number of ether oxygens (including phenoxy) is 1. The lowest BCUT2D eigenvalue weighted by Crippen LogP contribution is -2.45. The van der Waals surface area contributed by atoms with E-state index in [0.717, 1.165) is 38.3 Å². The van der Waals surface area contributed by atoms with Crippen LogP contribution in [0.3, 0.4) is 0 Å². The molecule has 0 aromatic heterocycles. The van der Waals surface area contributed by atoms with Crippen LogP contribution in [0.4, 0.5) is 13.2 Å². The Labute approximate surface area is 140 Å². The number of hydrogen-bond acceptors (Lipinski definition) is 4. The maximum absolute atomic E-state index is 12.8. The lowest BCUT2D eigenvalue weighted by atomic mass is 9.98. The fourth-order valence-electron chi connectivity index (χ4n) is 2.81. The van der Waals surface area contributed by atoms with Crippen LogP contribution in [0.5, 0.6) is 5.75 Å². The van der Waals surface area contributed by atoms with Crippen LogP contribution in [0, 0.1) is 0 Å². The van der Waals surface area contributed by atoms with Gasteiger partial charge in [-0.15, -0.1) is 12.4 Å². The number of halogens is 4. The Morgan fingerprint density at radius 1 is 1.30 bits per heavy atom. The number of nitrogens with one attached hydrogen (secondary N) is 1. The van der Waals surface area contributed by atoms with E-state index in [1.165, 1.54) is 13.2 Å². The number of hydrogen-bond donors (Lipinski definition) is 2. The van der Waals surface area contributed by atoms with E-state index < -0.39 is 11.7 Å². The summed E-state index contributed by atoms with van der Waals surface area (Å²) in [6.07, 6.45) is -3.94. The largest absolute Gasteiger partial charge is 0.496 e. The molecule has 0 amide bonds. The van der Waals surface area contributed by atoms with Gasteiger partial charge in [-0.25, -0.2) is 0 Å². The molecule has 1 atom stereocenters. The molecule has 2 rings (SSSR count). The summed E-state index contributed by atoms with van der Waals surface area (Å²) in [5.41, 5.74) is -0.0393. The first-order chi connectivity index (χ1) is 10.5. The molecule has 23 heavy (non-hydrogen) atoms. The minimum atomic E-state index is -4.40. The van der Waals surface area contributed by atoms with E-state index in [9.17, 15) is 18.3 Å². The second-order valence-corrected chi connectivity index (χ2v) is 5.27. The van der Waals surface area contributed by atoms with Crippen molar-refractivity contribution in [2.24, 2.45) is 0 Å². The molecule has 2 N–H and O–H groups in total. The molecular formula is C15H22ClF3N2O2. The van der Waals surface area contributed by atoms with Crippen LogP contribution < -0.4 is 10.1 Å². The Morgan fingerprint density at radius 2 is 1.96 bits per heavy atom. The molecule has 0 radical (unpaired) electrons. The van der Waals surface area contributed by atoms with Crippen molar-refractivity contribution in [1.29, 1.82) is 0 Å². The Morgan fingerprint density at radius 3 is 2.48 bits per heavy atom. The molecule has 1 fully saturated rings. The zero-order valence-corrected chi connectivity index (χ0v) is 13.7. The van der Waals surface area contributed by atoms with Crippen molar-refractivity contribution in [3.05, 3.63) is 29.3 Å². The first-order valence-electron chi connectivity index (χ1n) is 7.28. The highest BCUT2D eigenvalue weighted by molar-refractivity contribution is 5.85. The molecule has 0 aliphatic carbocycles. The second-order valence-electron chi connectivity index (χ2n) is 5.27. The molecule has 0 saturated carbocycles. The molecule has 1 heterocycles. The number of aliphatic hydroxyl groups excluding tert-OH is 1. The molecule has 1 aromatic rings. The average Bonchev–Trinajstić information content (AvgIpc) is 2.52. The molecule has 1 aliphatic rings. The van der Waals surface area contributed by atoms with Gasteiger partial charge in [-0.1, -0.05) is 6.07 Å². The van der Waals surface area contributed by atoms with Gasteiger partial charge >= 0.3 is 6.18 Å². The van der Waals surface area contributed by atoms with Crippen LogP contribution in [0.25, 0.3) is 0 Å². The number of methoxy groups -OCH3 is 1. The van der Waals surface area contributed by atoms with Crippen LogP contribution in [0.2, 0.25) is 0 Å². The van der Waals surface area contributed by atoms with Crippen molar-refractivity contribution in [3.8, 4) is 5.75 Å². The van der Waals surface area contributed by atoms with Crippen molar-refractivity contribution >= 4 is 12.4 Å². The van der Waals surface area contributed by atoms with E-state index in [0.29, 0.717) is 12.0 Å². The zero-order chi connectivity index (χ0) is 16.2. The van der Waals surface area contributed by atoms with Gasteiger partial charge in [-0.05, 0) is 18.6 Å². The van der Waals surface area contributed by atoms with Gasteiger partial charge in [-0.3, -0.25) is 4.90 Å². The van der Waals surface area contributed by atoms with Gasteiger partial charge in [0.2, 0.25) is 0 Å². The summed E-state index contributed by atoms with van der Waals surface area (Å²) in [6.45, 7) is 3.19. The van der Waals surface area contributed by atoms with Crippen molar-refractivity contribution < 1.29 is 23.0 Å². The Balaban J connectivity index is 0.00000264. The predicted octanol–water partition coefficient (Wildman–Crippen LogP) is 2.46. The summed E-state index contributed by atoms with van der Waals surface area (Å²) in [5, 5.41) is 12.5. The number of aliphatic hydroxyl groups is 1. The van der Waals surface area contributed by atoms with Crippen LogP contribution >= 0.6 is 12.4 Å². The van der Waals surface area contributed by atoms with Gasteiger partial charge in [0.25, 0.3) is 0 Å². The van der Waals surface area contributed by atoms with Gasteiger partial charge < -0.3 is 15.2 Å². The number of benzene rings is 1. The first kappa shape index (κ1) is 20.0. The van der Waals surface area contributed by atoms with Gasteiger partial charge in [0, 0.05) is 44.4 Å². The predicted molar refractivity (Wildman–Crippen MR) is 84.1 cm³/mol. The Hall–Kier alpha value is -1.02. The van der Waals surface area contributed by atoms with Crippen LogP contribution in [0.15, 0.2) is 18.2 Å². The standard InChI is InChI=1S/C15H21F3N2O2.ClH/c1-22-14-10-11(15(16,17)18)2-3-12(14)13(4-9-21)20-7-5-19-6-8-20;/h2-3,10,13,19,21H,4-9H2,1H3;1H/t13-;/m1./s1. The maximum atomic E-state index is 12.8. The van der Waals surface area contributed by atoms with Crippen molar-refractivity contribution in [1.82, 2.24) is 10.2 Å². The molecule has 8 heteroatoms. The highest BCUT2D eigenvalue weighted by atomic mass is 35.5. The van der Waals surface area contributed by atoms with E-state index in [1.54, 1.807) is 0 Å². The molecule has 0 bridgehead atoms. The van der Waals surface area contributed by atoms with E-state index in [-0.39, 0.29) is 30.8 Å². The third-order valence-corrected chi connectivity index (χ3v) is 3.91. The van der Waals surface area contributed by atoms with E-state index in [1.807, 2.05) is 0 Å². The SMILES string of the molecule is COc1cc(C(F)(F)F)ccc1[C@@H](CCO)N1CCNCC1.Cl. The number of alkyl halides is 3. The zero-order valence-electron chi connectivity index (χ0n) is 12.9. The summed E-state index contributed by atoms with van der Waals surface area (Å²) in [5.74, 6) is 0.215. The quantitative estimate of drug-likeness (QED) is 0.852. The topological polar surface area (TPSA) is 44.7 Å². The first-order valence-corrected chi connectivity index (χ1v) is 7.28. The van der Waals surface area contributed by atoms with E-state index in [2.05, 4.69) is 10.2 Å². The second kappa shape index (κ2) is 8.73. The van der Waals surface area contributed by atoms with Crippen LogP contribution in [-0.2, 0) is 6.18 Å². The summed E-state index contributed by atoms with van der Waals surface area (Å²) in [4.78, 5) is 2.16. The highest BCUT2D eigenvalue weighted by Crippen LogP contribution is 2.37. The van der Waals surface area contributed by atoms with Gasteiger partial charge in [-0.2, -0.15) is 13.2 Å². The molecule has 0 spiro atoms. The summed E-state index contributed by atoms with van der Waals surface area (Å²) in [7, 11) is 1.37. The smallest absolute Gasteiger partial charge is 0.416 e. The van der Waals surface area contributed by atoms with Crippen molar-refractivity contribution in [3.63, 3.8) is 0 Å². The molecular weight excluding hydrogens is 333 g/mol. The molecule has 1 saturated heterocycles. The van der Waals surface area contributed by atoms with Crippen LogP contribution in [-0.4, -0.2) is 49.9 Å². The third kappa shape index (κ3) is 4.97. The summed E-state index contributed by atoms with van der Waals surface area (Å²) >= 11 is 0. The third-order valence-electron chi connectivity index (χ3n) is 3.91. The monoisotopic (exact) mass is 354 g/mol. The lowest BCUT2D eigenvalue weighted by molar-refractivity contribution is -0.137. The van der Waals surface area contributed by atoms with Gasteiger partial charge in [0.15, 0.2) is 0 Å². The fourth-order valence-corrected chi connectivity index (χ4v) is 2.81. The minimum absolute atomic E-state index is 0. The van der Waals surface area contributed by atoms with Crippen LogP contribution in [0.1, 0.15) is 23.6 Å². The number of piperazine rings is 1. The Kier molecular flexibility index (Phi) is 7.60. The van der Waals surface area contributed by atoms with Crippen molar-refractivity contribution in [2.45, 2.75) is 18.6 Å². The molecule has 0 unspecified atom stereocenters. The number of rotatable bonds is 5. The lowest BCUT2D eigenvalue weighted by Gasteiger charge is -2.35. The summed E-state index contributed by atoms with van der Waals surface area (Å²) in [6, 6.07) is 3.42. The fraction of sp³-hybridized carbons (Fsp3) is 0.600. The molecule has 1 aliphatic heterocycles. The van der Waals surface area contributed by atoms with Crippen molar-refractivity contribution in [2.75, 3.05) is 39.9 Å². The van der Waals surface area contributed by atoms with Gasteiger partial charge in [0.05, 0.1) is 12.7 Å². The molecule has 132 valence electrons. The highest BCUT2D eigenvalue weighted by Gasteiger charge is 2.32. The maximum Gasteiger partial charge on any atom is 0.416 e. The Bertz CT molecular complexity index is 494. The van der Waals surface area contributed by atoms with E-state index in [4.69, 9.17) is 4.74 Å². The van der Waals surface area contributed by atoms with Gasteiger partial charge in [0.1, 0.15) is 5.75 Å². The minimum Gasteiger partial charge on any atom is -0.496 e. The molecule has 1 aromatic carbocycles. The average molecular weight is 355 g/mol. The normalized spacial score (nSPS) is 17.4. The number of nitrogens with zero attached hydrogens (tertiary/aromatic N) is 1. The van der Waals surface area contributed by atoms with E-state index >= 15 is 0 Å². The summed E-state index contributed by atoms with van der Waals surface area (Å²) < 4.78 is 43.7.